The maximum atomic E-state index is 5.67. The fourth-order valence-electron chi connectivity index (χ4n) is 4.05. The molecule has 3 aromatic rings. The topological polar surface area (TPSA) is 64.8 Å². The molecule has 0 spiro atoms. The van der Waals surface area contributed by atoms with E-state index < -0.39 is 0 Å². The van der Waals surface area contributed by atoms with E-state index >= 15 is 0 Å². The number of rotatable bonds is 3. The molecule has 7 nitrogen and oxygen atoms in total. The maximum absolute atomic E-state index is 5.67. The summed E-state index contributed by atoms with van der Waals surface area (Å²) >= 11 is 0. The van der Waals surface area contributed by atoms with Gasteiger partial charge in [0.15, 0.2) is 11.5 Å². The molecule has 0 bridgehead atoms. The molecular formula is C19H21N5O2. The summed E-state index contributed by atoms with van der Waals surface area (Å²) in [6.45, 7) is 5.28. The van der Waals surface area contributed by atoms with Gasteiger partial charge in [-0.15, -0.1) is 0 Å². The molecule has 26 heavy (non-hydrogen) atoms. The largest absolute Gasteiger partial charge is 0.454 e. The average molecular weight is 351 g/mol. The quantitative estimate of drug-likeness (QED) is 0.722. The van der Waals surface area contributed by atoms with Gasteiger partial charge in [-0.25, -0.2) is 9.50 Å². The van der Waals surface area contributed by atoms with Crippen LogP contribution in [-0.2, 0) is 6.54 Å². The van der Waals surface area contributed by atoms with Crippen molar-refractivity contribution >= 4 is 5.78 Å². The van der Waals surface area contributed by atoms with Crippen LogP contribution in [0.2, 0.25) is 0 Å². The molecule has 4 heterocycles. The van der Waals surface area contributed by atoms with Gasteiger partial charge >= 0.3 is 0 Å². The third kappa shape index (κ3) is 2.68. The average Bonchev–Trinajstić information content (AvgIpc) is 3.30. The van der Waals surface area contributed by atoms with Crippen LogP contribution in [0.15, 0.2) is 30.6 Å². The SMILES string of the molecule is Cc1cc(C2CCCN(Cc3cccc4c3OCO4)C2)n2ncnc2n1. The Labute approximate surface area is 151 Å². The van der Waals surface area contributed by atoms with E-state index in [1.54, 1.807) is 6.33 Å². The first-order chi connectivity index (χ1) is 12.8. The van der Waals surface area contributed by atoms with E-state index in [0.29, 0.717) is 18.5 Å². The Kier molecular flexibility index (Phi) is 3.74. The second-order valence-corrected chi connectivity index (χ2v) is 7.02. The standard InChI is InChI=1S/C19H21N5O2/c1-13-8-16(24-19(22-13)20-11-21-24)14-5-3-7-23(9-14)10-15-4-2-6-17-18(15)26-12-25-17/h2,4,6,8,11,14H,3,5,7,9-10,12H2,1H3. The summed E-state index contributed by atoms with van der Waals surface area (Å²) in [7, 11) is 0. The molecule has 0 radical (unpaired) electrons. The number of likely N-dealkylation sites (tertiary alicyclic amines) is 1. The molecule has 0 amide bonds. The zero-order chi connectivity index (χ0) is 17.5. The predicted molar refractivity (Wildman–Crippen MR) is 95.3 cm³/mol. The van der Waals surface area contributed by atoms with E-state index in [1.807, 2.05) is 23.6 Å². The second kappa shape index (κ2) is 6.25. The number of aryl methyl sites for hydroxylation is 1. The fraction of sp³-hybridized carbons (Fsp3) is 0.421. The molecule has 7 heteroatoms. The molecule has 2 aliphatic rings. The molecule has 2 aliphatic heterocycles. The second-order valence-electron chi connectivity index (χ2n) is 7.02. The number of nitrogens with zero attached hydrogens (tertiary/aromatic N) is 5. The summed E-state index contributed by atoms with van der Waals surface area (Å²) in [5.74, 6) is 2.85. The Morgan fingerprint density at radius 3 is 3.19 bits per heavy atom. The Balaban J connectivity index is 1.40. The van der Waals surface area contributed by atoms with Crippen LogP contribution in [0, 0.1) is 6.92 Å². The Hall–Kier alpha value is -2.67. The Morgan fingerprint density at radius 2 is 2.23 bits per heavy atom. The minimum atomic E-state index is 0.315. The first kappa shape index (κ1) is 15.6. The summed E-state index contributed by atoms with van der Waals surface area (Å²) in [6.07, 6.45) is 3.90. The van der Waals surface area contributed by atoms with E-state index in [0.717, 1.165) is 49.7 Å². The van der Waals surface area contributed by atoms with Crippen molar-refractivity contribution in [1.82, 2.24) is 24.5 Å². The fourth-order valence-corrected chi connectivity index (χ4v) is 4.05. The molecule has 0 aliphatic carbocycles. The van der Waals surface area contributed by atoms with Crippen molar-refractivity contribution in [3.63, 3.8) is 0 Å². The zero-order valence-corrected chi connectivity index (χ0v) is 14.8. The number of piperidine rings is 1. The maximum Gasteiger partial charge on any atom is 0.252 e. The van der Waals surface area contributed by atoms with Crippen molar-refractivity contribution in [3.8, 4) is 11.5 Å². The molecular weight excluding hydrogens is 330 g/mol. The lowest BCUT2D eigenvalue weighted by atomic mass is 9.93. The normalized spacial score (nSPS) is 20.0. The molecule has 5 rings (SSSR count). The van der Waals surface area contributed by atoms with E-state index in [-0.39, 0.29) is 0 Å². The molecule has 1 unspecified atom stereocenters. The van der Waals surface area contributed by atoms with Crippen LogP contribution < -0.4 is 9.47 Å². The third-order valence-corrected chi connectivity index (χ3v) is 5.20. The number of para-hydroxylation sites is 1. The summed E-state index contributed by atoms with van der Waals surface area (Å²) in [6, 6.07) is 8.28. The smallest absolute Gasteiger partial charge is 0.252 e. The van der Waals surface area contributed by atoms with Crippen LogP contribution in [0.1, 0.15) is 35.7 Å². The first-order valence-corrected chi connectivity index (χ1v) is 9.05. The molecule has 0 saturated carbocycles. The summed E-state index contributed by atoms with van der Waals surface area (Å²) in [4.78, 5) is 11.2. The van der Waals surface area contributed by atoms with E-state index in [1.165, 1.54) is 11.3 Å². The van der Waals surface area contributed by atoms with Crippen molar-refractivity contribution in [1.29, 1.82) is 0 Å². The minimum Gasteiger partial charge on any atom is -0.454 e. The van der Waals surface area contributed by atoms with Crippen LogP contribution in [-0.4, -0.2) is 44.4 Å². The van der Waals surface area contributed by atoms with Crippen molar-refractivity contribution in [3.05, 3.63) is 47.5 Å². The lowest BCUT2D eigenvalue weighted by molar-refractivity contribution is 0.168. The van der Waals surface area contributed by atoms with Gasteiger partial charge in [0.1, 0.15) is 6.33 Å². The van der Waals surface area contributed by atoms with Gasteiger partial charge in [0.2, 0.25) is 6.79 Å². The van der Waals surface area contributed by atoms with Crippen LogP contribution in [0.5, 0.6) is 11.5 Å². The van der Waals surface area contributed by atoms with Gasteiger partial charge in [-0.3, -0.25) is 4.90 Å². The molecule has 0 N–H and O–H groups in total. The third-order valence-electron chi connectivity index (χ3n) is 5.20. The monoisotopic (exact) mass is 351 g/mol. The molecule has 2 aromatic heterocycles. The van der Waals surface area contributed by atoms with E-state index in [4.69, 9.17) is 9.47 Å². The molecule has 1 saturated heterocycles. The Morgan fingerprint density at radius 1 is 1.27 bits per heavy atom. The van der Waals surface area contributed by atoms with E-state index in [9.17, 15) is 0 Å². The summed E-state index contributed by atoms with van der Waals surface area (Å²) < 4.78 is 13.1. The summed E-state index contributed by atoms with van der Waals surface area (Å²) in [5, 5.41) is 4.38. The van der Waals surface area contributed by atoms with Crippen molar-refractivity contribution in [2.75, 3.05) is 19.9 Å². The van der Waals surface area contributed by atoms with Crippen molar-refractivity contribution in [2.45, 2.75) is 32.2 Å². The molecule has 1 atom stereocenters. The first-order valence-electron chi connectivity index (χ1n) is 9.05. The zero-order valence-electron chi connectivity index (χ0n) is 14.8. The lowest BCUT2D eigenvalue weighted by Gasteiger charge is -2.33. The number of hydrogen-bond acceptors (Lipinski definition) is 6. The predicted octanol–water partition coefficient (Wildman–Crippen LogP) is 2.54. The minimum absolute atomic E-state index is 0.315. The highest BCUT2D eigenvalue weighted by molar-refractivity contribution is 5.48. The van der Waals surface area contributed by atoms with Crippen LogP contribution in [0.4, 0.5) is 0 Å². The number of benzene rings is 1. The summed E-state index contributed by atoms with van der Waals surface area (Å²) in [5.41, 5.74) is 3.38. The molecule has 1 aromatic carbocycles. The van der Waals surface area contributed by atoms with Gasteiger partial charge < -0.3 is 9.47 Å². The van der Waals surface area contributed by atoms with Crippen LogP contribution >= 0.6 is 0 Å². The van der Waals surface area contributed by atoms with Crippen LogP contribution in [0.3, 0.4) is 0 Å². The highest BCUT2D eigenvalue weighted by Crippen LogP contribution is 2.37. The number of aromatic nitrogens is 4. The van der Waals surface area contributed by atoms with Gasteiger partial charge in [0.25, 0.3) is 5.78 Å². The van der Waals surface area contributed by atoms with Gasteiger partial charge in [0.05, 0.1) is 5.69 Å². The van der Waals surface area contributed by atoms with Crippen LogP contribution in [0.25, 0.3) is 5.78 Å². The molecule has 134 valence electrons. The van der Waals surface area contributed by atoms with Gasteiger partial charge in [-0.1, -0.05) is 12.1 Å². The number of ether oxygens (including phenoxy) is 2. The van der Waals surface area contributed by atoms with Crippen molar-refractivity contribution in [2.24, 2.45) is 0 Å². The van der Waals surface area contributed by atoms with Crippen molar-refractivity contribution < 1.29 is 9.47 Å². The highest BCUT2D eigenvalue weighted by atomic mass is 16.7. The highest BCUT2D eigenvalue weighted by Gasteiger charge is 2.26. The van der Waals surface area contributed by atoms with E-state index in [2.05, 4.69) is 32.1 Å². The number of hydrogen-bond donors (Lipinski definition) is 0. The number of fused-ring (bicyclic) bond motifs is 2. The Bertz CT molecular complexity index is 954. The van der Waals surface area contributed by atoms with Gasteiger partial charge in [0, 0.05) is 30.3 Å². The van der Waals surface area contributed by atoms with Gasteiger partial charge in [-0.2, -0.15) is 10.1 Å². The van der Waals surface area contributed by atoms with Gasteiger partial charge in [-0.05, 0) is 38.4 Å². The molecule has 1 fully saturated rings. The lowest BCUT2D eigenvalue weighted by Crippen LogP contribution is -2.34.